The zero-order valence-corrected chi connectivity index (χ0v) is 5.14. The van der Waals surface area contributed by atoms with Gasteiger partial charge in [0.2, 0.25) is 5.91 Å². The van der Waals surface area contributed by atoms with E-state index < -0.39 is 0 Å². The Kier molecular flexibility index (Phi) is 1.21. The van der Waals surface area contributed by atoms with Crippen molar-refractivity contribution in [2.45, 2.75) is 6.04 Å². The molecule has 46 valence electrons. The largest absolute Gasteiger partial charge is 0.342 e. The van der Waals surface area contributed by atoms with Gasteiger partial charge in [0.25, 0.3) is 0 Å². The van der Waals surface area contributed by atoms with Gasteiger partial charge >= 0.3 is 0 Å². The van der Waals surface area contributed by atoms with Crippen LogP contribution in [0.25, 0.3) is 0 Å². The quantitative estimate of drug-likeness (QED) is 0.446. The fourth-order valence-corrected chi connectivity index (χ4v) is 0.810. The minimum absolute atomic E-state index is 0.0972. The lowest BCUT2D eigenvalue weighted by molar-refractivity contribution is -0.141. The Morgan fingerprint density at radius 2 is 2.50 bits per heavy atom. The molecule has 0 radical (unpaired) electrons. The van der Waals surface area contributed by atoms with Crippen LogP contribution in [-0.2, 0) is 4.79 Å². The Morgan fingerprint density at radius 3 is 2.62 bits per heavy atom. The van der Waals surface area contributed by atoms with Crippen LogP contribution in [0.15, 0.2) is 0 Å². The smallest absolute Gasteiger partial charge is 0.241 e. The molecule has 1 atom stereocenters. The van der Waals surface area contributed by atoms with Gasteiger partial charge < -0.3 is 10.2 Å². The molecule has 0 spiro atoms. The molecule has 0 unspecified atom stereocenters. The van der Waals surface area contributed by atoms with Gasteiger partial charge in [-0.25, -0.2) is 0 Å². The lowest BCUT2D eigenvalue weighted by Gasteiger charge is -2.34. The van der Waals surface area contributed by atoms with Crippen molar-refractivity contribution in [1.82, 2.24) is 10.2 Å². The third-order valence-electron chi connectivity index (χ3n) is 1.48. The molecule has 0 aliphatic carbocycles. The van der Waals surface area contributed by atoms with E-state index in [1.807, 2.05) is 0 Å². The second-order valence-corrected chi connectivity index (χ2v) is 2.06. The van der Waals surface area contributed by atoms with Gasteiger partial charge in [0.15, 0.2) is 0 Å². The number of β-lactam (4-membered cyclic amide) rings is 1. The minimum atomic E-state index is 0.0972. The fourth-order valence-electron chi connectivity index (χ4n) is 0.810. The highest BCUT2D eigenvalue weighted by Crippen LogP contribution is 2.04. The molecule has 1 heterocycles. The Labute approximate surface area is 48.7 Å². The summed E-state index contributed by atoms with van der Waals surface area (Å²) in [4.78, 5) is 12.4. The van der Waals surface area contributed by atoms with Crippen molar-refractivity contribution < 1.29 is 4.79 Å². The number of amides is 1. The number of carbonyl (C=O) groups excluding carboxylic acids is 1. The third-order valence-corrected chi connectivity index (χ3v) is 1.48. The molecule has 0 aromatic heterocycles. The molecular weight excluding hydrogens is 104 g/mol. The molecule has 0 aromatic rings. The van der Waals surface area contributed by atoms with Gasteiger partial charge in [-0.05, 0) is 7.05 Å². The predicted molar refractivity (Wildman–Crippen MR) is 30.5 cm³/mol. The first-order chi connectivity index (χ1) is 3.75. The number of carbonyl (C=O) groups is 1. The van der Waals surface area contributed by atoms with Gasteiger partial charge in [-0.3, -0.25) is 4.79 Å². The van der Waals surface area contributed by atoms with Crippen LogP contribution in [0.2, 0.25) is 0 Å². The van der Waals surface area contributed by atoms with E-state index >= 15 is 0 Å². The van der Waals surface area contributed by atoms with E-state index in [1.54, 1.807) is 19.0 Å². The molecule has 0 bridgehead atoms. The van der Waals surface area contributed by atoms with Crippen LogP contribution in [0.3, 0.4) is 0 Å². The maximum atomic E-state index is 10.7. The summed E-state index contributed by atoms with van der Waals surface area (Å²) in [6.07, 6.45) is 0. The topological polar surface area (TPSA) is 32.3 Å². The van der Waals surface area contributed by atoms with Crippen LogP contribution in [0.5, 0.6) is 0 Å². The van der Waals surface area contributed by atoms with Gasteiger partial charge in [0.1, 0.15) is 6.04 Å². The van der Waals surface area contributed by atoms with E-state index in [9.17, 15) is 4.79 Å². The number of nitrogens with one attached hydrogen (secondary N) is 1. The summed E-state index contributed by atoms with van der Waals surface area (Å²) < 4.78 is 0. The molecule has 0 saturated carbocycles. The number of hydrogen-bond acceptors (Lipinski definition) is 2. The molecule has 1 saturated heterocycles. The van der Waals surface area contributed by atoms with Crippen LogP contribution in [0, 0.1) is 0 Å². The van der Waals surface area contributed by atoms with Gasteiger partial charge in [0, 0.05) is 13.6 Å². The lowest BCUT2D eigenvalue weighted by Crippen LogP contribution is -2.60. The Balaban J connectivity index is 2.36. The molecule has 1 aliphatic heterocycles. The zero-order valence-electron chi connectivity index (χ0n) is 5.14. The molecular formula is C5H10N2O. The summed E-state index contributed by atoms with van der Waals surface area (Å²) in [6.45, 7) is 0.856. The molecule has 0 aromatic carbocycles. The summed E-state index contributed by atoms with van der Waals surface area (Å²) >= 11 is 0. The van der Waals surface area contributed by atoms with Crippen molar-refractivity contribution in [1.29, 1.82) is 0 Å². The molecule has 1 N–H and O–H groups in total. The van der Waals surface area contributed by atoms with Crippen molar-refractivity contribution in [3.63, 3.8) is 0 Å². The van der Waals surface area contributed by atoms with Crippen molar-refractivity contribution in [2.75, 3.05) is 20.6 Å². The van der Waals surface area contributed by atoms with E-state index in [2.05, 4.69) is 5.32 Å². The van der Waals surface area contributed by atoms with E-state index in [1.165, 1.54) is 0 Å². The highest BCUT2D eigenvalue weighted by atomic mass is 16.2. The average Bonchev–Trinajstić information content (AvgIpc) is 1.81. The van der Waals surface area contributed by atoms with Gasteiger partial charge in [-0.15, -0.1) is 0 Å². The van der Waals surface area contributed by atoms with Crippen molar-refractivity contribution in [3.05, 3.63) is 0 Å². The SMILES string of the molecule is CN[C@H]1CN(C)C1=O. The predicted octanol–water partition coefficient (Wildman–Crippen LogP) is -0.954. The molecule has 1 fully saturated rings. The van der Waals surface area contributed by atoms with Crippen molar-refractivity contribution in [2.24, 2.45) is 0 Å². The number of nitrogens with zero attached hydrogens (tertiary/aromatic N) is 1. The number of likely N-dealkylation sites (tertiary alicyclic amines) is 1. The highest BCUT2D eigenvalue weighted by Gasteiger charge is 2.31. The molecule has 1 aliphatic rings. The van der Waals surface area contributed by atoms with E-state index in [0.29, 0.717) is 0 Å². The van der Waals surface area contributed by atoms with Crippen molar-refractivity contribution >= 4 is 5.91 Å². The first-order valence-electron chi connectivity index (χ1n) is 2.68. The highest BCUT2D eigenvalue weighted by molar-refractivity contribution is 5.87. The molecule has 3 nitrogen and oxygen atoms in total. The van der Waals surface area contributed by atoms with Crippen molar-refractivity contribution in [3.8, 4) is 0 Å². The zero-order chi connectivity index (χ0) is 6.15. The number of likely N-dealkylation sites (N-methyl/N-ethyl adjacent to an activating group) is 2. The average molecular weight is 114 g/mol. The lowest BCUT2D eigenvalue weighted by atomic mass is 10.1. The van der Waals surface area contributed by atoms with Gasteiger partial charge in [0.05, 0.1) is 0 Å². The van der Waals surface area contributed by atoms with Crippen LogP contribution in [0.1, 0.15) is 0 Å². The summed E-state index contributed by atoms with van der Waals surface area (Å²) in [5.41, 5.74) is 0. The van der Waals surface area contributed by atoms with Crippen LogP contribution >= 0.6 is 0 Å². The first-order valence-corrected chi connectivity index (χ1v) is 2.68. The normalized spacial score (nSPS) is 28.0. The van der Waals surface area contributed by atoms with E-state index in [0.717, 1.165) is 6.54 Å². The van der Waals surface area contributed by atoms with Gasteiger partial charge in [-0.1, -0.05) is 0 Å². The first kappa shape index (κ1) is 5.56. The van der Waals surface area contributed by atoms with E-state index in [4.69, 9.17) is 0 Å². The summed E-state index contributed by atoms with van der Waals surface area (Å²) in [5, 5.41) is 2.89. The number of hydrogen-bond donors (Lipinski definition) is 1. The standard InChI is InChI=1S/C5H10N2O/c1-6-4-3-7(2)5(4)8/h4,6H,3H2,1-2H3/t4-/m0/s1. The molecule has 1 rings (SSSR count). The second-order valence-electron chi connectivity index (χ2n) is 2.06. The van der Waals surface area contributed by atoms with Crippen LogP contribution in [-0.4, -0.2) is 37.5 Å². The number of rotatable bonds is 1. The maximum Gasteiger partial charge on any atom is 0.241 e. The monoisotopic (exact) mass is 114 g/mol. The van der Waals surface area contributed by atoms with Gasteiger partial charge in [-0.2, -0.15) is 0 Å². The second kappa shape index (κ2) is 1.74. The third kappa shape index (κ3) is 0.591. The Bertz CT molecular complexity index is 113. The van der Waals surface area contributed by atoms with E-state index in [-0.39, 0.29) is 11.9 Å². The van der Waals surface area contributed by atoms with Crippen LogP contribution < -0.4 is 5.32 Å². The Hall–Kier alpha value is -0.570. The minimum Gasteiger partial charge on any atom is -0.342 e. The molecule has 1 amide bonds. The summed E-state index contributed by atoms with van der Waals surface area (Å²) in [5.74, 6) is 0.201. The molecule has 8 heavy (non-hydrogen) atoms. The van der Waals surface area contributed by atoms with Crippen LogP contribution in [0.4, 0.5) is 0 Å². The summed E-state index contributed by atoms with van der Waals surface area (Å²) in [6, 6.07) is 0.0972. The molecule has 3 heteroatoms. The summed E-state index contributed by atoms with van der Waals surface area (Å²) in [7, 11) is 3.60. The fraction of sp³-hybridized carbons (Fsp3) is 0.800. The Morgan fingerprint density at radius 1 is 1.88 bits per heavy atom. The maximum absolute atomic E-state index is 10.7.